The van der Waals surface area contributed by atoms with Crippen LogP contribution < -0.4 is 10.1 Å². The maximum Gasteiger partial charge on any atom is 0.277 e. The number of fused-ring (bicyclic) bond motifs is 3. The van der Waals surface area contributed by atoms with E-state index < -0.39 is 0 Å². The first-order chi connectivity index (χ1) is 12.2. The van der Waals surface area contributed by atoms with Crippen molar-refractivity contribution in [1.82, 2.24) is 14.8 Å². The average Bonchev–Trinajstić information content (AvgIpc) is 2.99. The summed E-state index contributed by atoms with van der Waals surface area (Å²) in [5.74, 6) is 0.691. The van der Waals surface area contributed by atoms with Gasteiger partial charge in [0.05, 0.1) is 17.3 Å². The molecular weight excluding hydrogens is 318 g/mol. The zero-order chi connectivity index (χ0) is 17.4. The van der Waals surface area contributed by atoms with Crippen LogP contribution in [0.15, 0.2) is 42.6 Å². The Morgan fingerprint density at radius 2 is 2.20 bits per heavy atom. The van der Waals surface area contributed by atoms with Gasteiger partial charge < -0.3 is 10.1 Å². The molecule has 7 nitrogen and oxygen atoms in total. The second-order valence-corrected chi connectivity index (χ2v) is 5.58. The molecule has 3 aromatic rings. The van der Waals surface area contributed by atoms with Gasteiger partial charge in [-0.05, 0) is 24.3 Å². The third-order valence-corrected chi connectivity index (χ3v) is 4.01. The van der Waals surface area contributed by atoms with E-state index in [1.54, 1.807) is 17.8 Å². The van der Waals surface area contributed by atoms with E-state index in [1.165, 1.54) is 12.3 Å². The first-order valence-electron chi connectivity index (χ1n) is 7.63. The summed E-state index contributed by atoms with van der Waals surface area (Å²) in [6.45, 7) is 0.272. The maximum atomic E-state index is 12.6. The molecule has 0 bridgehead atoms. The smallest absolute Gasteiger partial charge is 0.277 e. The summed E-state index contributed by atoms with van der Waals surface area (Å²) in [5.41, 5.74) is 3.21. The van der Waals surface area contributed by atoms with Crippen LogP contribution in [0.25, 0.3) is 11.3 Å². The van der Waals surface area contributed by atoms with Crippen LogP contribution in [0.2, 0.25) is 0 Å². The summed E-state index contributed by atoms with van der Waals surface area (Å²) < 4.78 is 7.43. The molecule has 0 saturated heterocycles. The monoisotopic (exact) mass is 331 g/mol. The summed E-state index contributed by atoms with van der Waals surface area (Å²) in [6, 6.07) is 12.8. The van der Waals surface area contributed by atoms with Gasteiger partial charge in [-0.25, -0.2) is 4.98 Å². The second kappa shape index (κ2) is 5.76. The van der Waals surface area contributed by atoms with Crippen molar-refractivity contribution >= 4 is 11.7 Å². The Hall–Kier alpha value is -3.66. The highest BCUT2D eigenvalue weighted by Gasteiger charge is 2.28. The number of aromatic nitrogens is 3. The van der Waals surface area contributed by atoms with Gasteiger partial charge in [-0.2, -0.15) is 10.4 Å². The number of nitriles is 1. The van der Waals surface area contributed by atoms with E-state index >= 15 is 0 Å². The third-order valence-electron chi connectivity index (χ3n) is 4.01. The molecule has 0 saturated carbocycles. The molecule has 1 aromatic carbocycles. The van der Waals surface area contributed by atoms with Crippen molar-refractivity contribution in [2.45, 2.75) is 6.61 Å². The maximum absolute atomic E-state index is 12.6. The van der Waals surface area contributed by atoms with Crippen molar-refractivity contribution in [3.63, 3.8) is 0 Å². The van der Waals surface area contributed by atoms with Crippen LogP contribution in [0.1, 0.15) is 21.6 Å². The molecule has 0 radical (unpaired) electrons. The minimum absolute atomic E-state index is 0.272. The van der Waals surface area contributed by atoms with E-state index in [9.17, 15) is 4.79 Å². The van der Waals surface area contributed by atoms with Gasteiger partial charge in [0, 0.05) is 24.4 Å². The summed E-state index contributed by atoms with van der Waals surface area (Å²) in [4.78, 5) is 16.7. The van der Waals surface area contributed by atoms with Crippen LogP contribution in [0.3, 0.4) is 0 Å². The van der Waals surface area contributed by atoms with Crippen molar-refractivity contribution in [3.8, 4) is 23.1 Å². The fourth-order valence-electron chi connectivity index (χ4n) is 2.91. The van der Waals surface area contributed by atoms with E-state index in [0.717, 1.165) is 22.6 Å². The Morgan fingerprint density at radius 1 is 1.36 bits per heavy atom. The molecule has 25 heavy (non-hydrogen) atoms. The molecule has 1 N–H and O–H groups in total. The molecular formula is C18H13N5O2. The normalized spacial score (nSPS) is 11.7. The zero-order valence-corrected chi connectivity index (χ0v) is 13.4. The third kappa shape index (κ3) is 2.50. The predicted octanol–water partition coefficient (Wildman–Crippen LogP) is 2.50. The molecule has 122 valence electrons. The SMILES string of the molecule is Cn1nc(C(=O)Nc2cc(C#N)ccn2)c2c1-c1ccccc1OC2. The van der Waals surface area contributed by atoms with E-state index in [0.29, 0.717) is 11.4 Å². The highest BCUT2D eigenvalue weighted by molar-refractivity contribution is 6.04. The van der Waals surface area contributed by atoms with E-state index in [1.807, 2.05) is 30.3 Å². The Bertz CT molecular complexity index is 1030. The van der Waals surface area contributed by atoms with Crippen molar-refractivity contribution in [1.29, 1.82) is 5.26 Å². The van der Waals surface area contributed by atoms with Gasteiger partial charge in [-0.15, -0.1) is 0 Å². The molecule has 1 aliphatic heterocycles. The van der Waals surface area contributed by atoms with Crippen molar-refractivity contribution in [2.24, 2.45) is 7.05 Å². The number of hydrogen-bond acceptors (Lipinski definition) is 5. The van der Waals surface area contributed by atoms with Crippen LogP contribution in [-0.4, -0.2) is 20.7 Å². The lowest BCUT2D eigenvalue weighted by Gasteiger charge is -2.18. The number of pyridine rings is 1. The Balaban J connectivity index is 1.71. The lowest BCUT2D eigenvalue weighted by molar-refractivity contribution is 0.101. The number of anilines is 1. The van der Waals surface area contributed by atoms with Crippen LogP contribution in [0, 0.1) is 11.3 Å². The number of para-hydroxylation sites is 1. The van der Waals surface area contributed by atoms with E-state index in [2.05, 4.69) is 15.4 Å². The number of nitrogens with zero attached hydrogens (tertiary/aromatic N) is 4. The molecule has 4 rings (SSSR count). The van der Waals surface area contributed by atoms with E-state index in [4.69, 9.17) is 10.00 Å². The Labute approximate surface area is 143 Å². The number of benzene rings is 1. The lowest BCUT2D eigenvalue weighted by atomic mass is 10.0. The van der Waals surface area contributed by atoms with Gasteiger partial charge in [0.25, 0.3) is 5.91 Å². The lowest BCUT2D eigenvalue weighted by Crippen LogP contribution is -2.17. The molecule has 0 fully saturated rings. The topological polar surface area (TPSA) is 92.8 Å². The highest BCUT2D eigenvalue weighted by atomic mass is 16.5. The number of carbonyl (C=O) groups is 1. The Morgan fingerprint density at radius 3 is 3.04 bits per heavy atom. The van der Waals surface area contributed by atoms with E-state index in [-0.39, 0.29) is 18.2 Å². The molecule has 2 aromatic heterocycles. The zero-order valence-electron chi connectivity index (χ0n) is 13.4. The average molecular weight is 331 g/mol. The van der Waals surface area contributed by atoms with Gasteiger partial charge in [-0.3, -0.25) is 9.48 Å². The van der Waals surface area contributed by atoms with Crippen LogP contribution >= 0.6 is 0 Å². The standard InChI is InChI=1S/C18H13N5O2/c1-23-17-12-4-2-3-5-14(12)25-10-13(17)16(22-23)18(24)21-15-8-11(9-19)6-7-20-15/h2-8H,10H2,1H3,(H,20,21,24). The van der Waals surface area contributed by atoms with Gasteiger partial charge in [0.1, 0.15) is 18.2 Å². The highest BCUT2D eigenvalue weighted by Crippen LogP contribution is 2.38. The Kier molecular flexibility index (Phi) is 3.43. The van der Waals surface area contributed by atoms with Gasteiger partial charge in [0.15, 0.2) is 5.69 Å². The van der Waals surface area contributed by atoms with Gasteiger partial charge in [-0.1, -0.05) is 12.1 Å². The quantitative estimate of drug-likeness (QED) is 0.779. The number of amides is 1. The first-order valence-corrected chi connectivity index (χ1v) is 7.63. The second-order valence-electron chi connectivity index (χ2n) is 5.58. The summed E-state index contributed by atoms with van der Waals surface area (Å²) in [5, 5.41) is 16.0. The molecule has 0 atom stereocenters. The number of ether oxygens (including phenoxy) is 1. The predicted molar refractivity (Wildman–Crippen MR) is 89.9 cm³/mol. The molecule has 0 aliphatic carbocycles. The number of carbonyl (C=O) groups excluding carboxylic acids is 1. The van der Waals surface area contributed by atoms with Crippen LogP contribution in [0.5, 0.6) is 5.75 Å². The van der Waals surface area contributed by atoms with Crippen LogP contribution in [-0.2, 0) is 13.7 Å². The van der Waals surface area contributed by atoms with Crippen molar-refractivity contribution in [2.75, 3.05) is 5.32 Å². The summed E-state index contributed by atoms with van der Waals surface area (Å²) in [6.07, 6.45) is 1.47. The molecule has 1 aliphatic rings. The van der Waals surface area contributed by atoms with Crippen molar-refractivity contribution < 1.29 is 9.53 Å². The number of nitrogens with one attached hydrogen (secondary N) is 1. The summed E-state index contributed by atoms with van der Waals surface area (Å²) in [7, 11) is 1.80. The van der Waals surface area contributed by atoms with Gasteiger partial charge in [0.2, 0.25) is 0 Å². The molecule has 1 amide bonds. The molecule has 0 unspecified atom stereocenters. The van der Waals surface area contributed by atoms with Crippen molar-refractivity contribution in [3.05, 3.63) is 59.4 Å². The number of rotatable bonds is 2. The molecule has 7 heteroatoms. The number of hydrogen-bond donors (Lipinski definition) is 1. The number of aryl methyl sites for hydroxylation is 1. The fourth-order valence-corrected chi connectivity index (χ4v) is 2.91. The van der Waals surface area contributed by atoms with Gasteiger partial charge >= 0.3 is 0 Å². The largest absolute Gasteiger partial charge is 0.488 e. The molecule has 3 heterocycles. The fraction of sp³-hybridized carbons (Fsp3) is 0.111. The molecule has 0 spiro atoms. The minimum Gasteiger partial charge on any atom is -0.488 e. The first kappa shape index (κ1) is 14.9. The summed E-state index contributed by atoms with van der Waals surface area (Å²) >= 11 is 0. The van der Waals surface area contributed by atoms with Crippen LogP contribution in [0.4, 0.5) is 5.82 Å². The minimum atomic E-state index is -0.387.